The molecule has 0 spiro atoms. The highest BCUT2D eigenvalue weighted by Gasteiger charge is 2.42. The molecule has 4 heterocycles. The molecule has 1 amide bonds. The van der Waals surface area contributed by atoms with Crippen molar-refractivity contribution in [3.05, 3.63) is 71.6 Å². The van der Waals surface area contributed by atoms with E-state index in [4.69, 9.17) is 0 Å². The third kappa shape index (κ3) is 3.07. The number of pyridine rings is 1. The van der Waals surface area contributed by atoms with Crippen LogP contribution in [0, 0.1) is 5.92 Å². The average Bonchev–Trinajstić information content (AvgIpc) is 3.34. The van der Waals surface area contributed by atoms with Crippen molar-refractivity contribution in [2.75, 3.05) is 31.1 Å². The van der Waals surface area contributed by atoms with Gasteiger partial charge in [0.05, 0.1) is 11.4 Å². The molecule has 33 heavy (non-hydrogen) atoms. The number of allylic oxidation sites excluding steroid dienone is 1. The number of nitrogens with one attached hydrogen (secondary N) is 2. The number of H-pyrrole nitrogens is 2. The zero-order chi connectivity index (χ0) is 21.9. The molecule has 2 aliphatic carbocycles. The Morgan fingerprint density at radius 3 is 2.82 bits per heavy atom. The molecule has 0 radical (unpaired) electrons. The van der Waals surface area contributed by atoms with Gasteiger partial charge in [0.25, 0.3) is 5.91 Å². The number of aromatic nitrogens is 4. The highest BCUT2D eigenvalue weighted by atomic mass is 16.2. The molecule has 7 rings (SSSR count). The first-order chi connectivity index (χ1) is 16.2. The Bertz CT molecular complexity index is 1390. The molecule has 1 saturated heterocycles. The summed E-state index contributed by atoms with van der Waals surface area (Å²) in [6.07, 6.45) is 7.47. The first kappa shape index (κ1) is 18.7. The van der Waals surface area contributed by atoms with Crippen molar-refractivity contribution in [3.8, 4) is 11.4 Å². The number of fused-ring (bicyclic) bond motifs is 4. The summed E-state index contributed by atoms with van der Waals surface area (Å²) in [6.45, 7) is 2.97. The van der Waals surface area contributed by atoms with Gasteiger partial charge in [-0.05, 0) is 54.7 Å². The summed E-state index contributed by atoms with van der Waals surface area (Å²) in [5.74, 6) is 2.31. The van der Waals surface area contributed by atoms with E-state index in [0.29, 0.717) is 24.9 Å². The van der Waals surface area contributed by atoms with Crippen LogP contribution in [-0.2, 0) is 0 Å². The molecule has 2 fully saturated rings. The average molecular weight is 437 g/mol. The summed E-state index contributed by atoms with van der Waals surface area (Å²) in [4.78, 5) is 25.3. The number of carbonyl (C=O) groups is 1. The quantitative estimate of drug-likeness (QED) is 0.508. The number of nitrogens with zero attached hydrogens (tertiary/aromatic N) is 4. The summed E-state index contributed by atoms with van der Waals surface area (Å²) >= 11 is 0. The molecule has 164 valence electrons. The van der Waals surface area contributed by atoms with Crippen molar-refractivity contribution < 1.29 is 4.79 Å². The summed E-state index contributed by atoms with van der Waals surface area (Å²) in [5, 5.41) is 8.89. The van der Waals surface area contributed by atoms with Crippen molar-refractivity contribution in [2.45, 2.75) is 12.3 Å². The maximum atomic E-state index is 13.2. The van der Waals surface area contributed by atoms with Gasteiger partial charge in [0.15, 0.2) is 0 Å². The lowest BCUT2D eigenvalue weighted by Gasteiger charge is -2.35. The lowest BCUT2D eigenvalue weighted by Crippen LogP contribution is -2.49. The Morgan fingerprint density at radius 1 is 1.06 bits per heavy atom. The van der Waals surface area contributed by atoms with Gasteiger partial charge in [-0.1, -0.05) is 18.2 Å². The van der Waals surface area contributed by atoms with E-state index in [1.807, 2.05) is 47.5 Å². The number of rotatable bonds is 3. The molecule has 3 aromatic heterocycles. The fourth-order valence-corrected chi connectivity index (χ4v) is 5.30. The molecule has 1 aromatic carbocycles. The van der Waals surface area contributed by atoms with Crippen LogP contribution in [0.15, 0.2) is 54.7 Å². The van der Waals surface area contributed by atoms with Gasteiger partial charge in [-0.2, -0.15) is 5.10 Å². The SMILES string of the molecule is O=C(c1ccc2cc(-c3n[nH]c4c3C3CC3C=C4)[nH]c2c1)N1CCN(c2ccccn2)CC1. The van der Waals surface area contributed by atoms with E-state index in [-0.39, 0.29) is 5.91 Å². The minimum absolute atomic E-state index is 0.0804. The minimum Gasteiger partial charge on any atom is -0.353 e. The Labute approximate surface area is 191 Å². The molecular weight excluding hydrogens is 412 g/mol. The summed E-state index contributed by atoms with van der Waals surface area (Å²) in [7, 11) is 0. The smallest absolute Gasteiger partial charge is 0.254 e. The van der Waals surface area contributed by atoms with E-state index in [1.54, 1.807) is 0 Å². The van der Waals surface area contributed by atoms with E-state index in [2.05, 4.69) is 43.3 Å². The predicted molar refractivity (Wildman–Crippen MR) is 128 cm³/mol. The first-order valence-electron chi connectivity index (χ1n) is 11.6. The highest BCUT2D eigenvalue weighted by Crippen LogP contribution is 2.54. The van der Waals surface area contributed by atoms with Crippen molar-refractivity contribution in [1.29, 1.82) is 0 Å². The van der Waals surface area contributed by atoms with E-state index in [1.165, 1.54) is 12.0 Å². The summed E-state index contributed by atoms with van der Waals surface area (Å²) in [6, 6.07) is 14.0. The van der Waals surface area contributed by atoms with Crippen molar-refractivity contribution >= 4 is 28.7 Å². The van der Waals surface area contributed by atoms with Crippen LogP contribution in [0.3, 0.4) is 0 Å². The van der Waals surface area contributed by atoms with Crippen LogP contribution in [0.2, 0.25) is 0 Å². The van der Waals surface area contributed by atoms with Crippen LogP contribution in [-0.4, -0.2) is 57.2 Å². The Hall–Kier alpha value is -3.87. The van der Waals surface area contributed by atoms with Gasteiger partial charge < -0.3 is 14.8 Å². The lowest BCUT2D eigenvalue weighted by molar-refractivity contribution is 0.0746. The van der Waals surface area contributed by atoms with Crippen molar-refractivity contribution in [3.63, 3.8) is 0 Å². The molecule has 1 aliphatic heterocycles. The van der Waals surface area contributed by atoms with Gasteiger partial charge in [-0.25, -0.2) is 4.98 Å². The normalized spacial score (nSPS) is 21.2. The number of hydrogen-bond donors (Lipinski definition) is 2. The number of benzene rings is 1. The predicted octanol–water partition coefficient (Wildman–Crippen LogP) is 4.05. The Morgan fingerprint density at radius 2 is 1.97 bits per heavy atom. The second-order valence-corrected chi connectivity index (χ2v) is 9.22. The van der Waals surface area contributed by atoms with E-state index in [0.717, 1.165) is 52.5 Å². The van der Waals surface area contributed by atoms with Gasteiger partial charge >= 0.3 is 0 Å². The number of piperazine rings is 1. The molecule has 1 saturated carbocycles. The van der Waals surface area contributed by atoms with Crippen LogP contribution in [0.5, 0.6) is 0 Å². The lowest BCUT2D eigenvalue weighted by atomic mass is 10.00. The van der Waals surface area contributed by atoms with E-state index < -0.39 is 0 Å². The van der Waals surface area contributed by atoms with Gasteiger partial charge in [0, 0.05) is 54.4 Å². The number of hydrogen-bond acceptors (Lipinski definition) is 4. The maximum absolute atomic E-state index is 13.2. The van der Waals surface area contributed by atoms with Crippen LogP contribution in [0.4, 0.5) is 5.82 Å². The minimum atomic E-state index is 0.0804. The molecule has 2 N–H and O–H groups in total. The number of amides is 1. The van der Waals surface area contributed by atoms with Crippen LogP contribution < -0.4 is 4.90 Å². The largest absolute Gasteiger partial charge is 0.353 e. The zero-order valence-electron chi connectivity index (χ0n) is 18.2. The summed E-state index contributed by atoms with van der Waals surface area (Å²) < 4.78 is 0. The van der Waals surface area contributed by atoms with Crippen molar-refractivity contribution in [2.24, 2.45) is 5.92 Å². The third-order valence-electron chi connectivity index (χ3n) is 7.22. The molecule has 0 bridgehead atoms. The van der Waals surface area contributed by atoms with Gasteiger partial charge in [-0.15, -0.1) is 0 Å². The zero-order valence-corrected chi connectivity index (χ0v) is 18.2. The van der Waals surface area contributed by atoms with Crippen LogP contribution >= 0.6 is 0 Å². The third-order valence-corrected chi connectivity index (χ3v) is 7.22. The fraction of sp³-hybridized carbons (Fsp3) is 0.269. The van der Waals surface area contributed by atoms with E-state index in [9.17, 15) is 4.79 Å². The highest BCUT2D eigenvalue weighted by molar-refractivity contribution is 5.99. The molecular formula is C26H24N6O. The monoisotopic (exact) mass is 436 g/mol. The molecule has 4 aromatic rings. The first-order valence-corrected chi connectivity index (χ1v) is 11.6. The maximum Gasteiger partial charge on any atom is 0.254 e. The molecule has 2 atom stereocenters. The molecule has 2 unspecified atom stereocenters. The van der Waals surface area contributed by atoms with Crippen LogP contribution in [0.1, 0.15) is 34.0 Å². The second kappa shape index (κ2) is 7.07. The van der Waals surface area contributed by atoms with E-state index >= 15 is 0 Å². The second-order valence-electron chi connectivity index (χ2n) is 9.22. The summed E-state index contributed by atoms with van der Waals surface area (Å²) in [5.41, 5.74) is 6.17. The molecule has 7 heteroatoms. The topological polar surface area (TPSA) is 80.9 Å². The van der Waals surface area contributed by atoms with Crippen LogP contribution in [0.25, 0.3) is 28.4 Å². The number of carbonyl (C=O) groups excluding carboxylic acids is 1. The molecule has 3 aliphatic rings. The standard InChI is InChI=1S/C26H24N6O/c33-26(32-11-9-31(10-12-32)23-3-1-2-8-27-23)18-5-4-17-14-22(28-21(17)15-18)25-24-19-13-16(19)6-7-20(24)29-30-25/h1-8,14-16,19,28H,9-13H2,(H,29,30). The van der Waals surface area contributed by atoms with Gasteiger partial charge in [0.1, 0.15) is 11.5 Å². The fourth-order valence-electron chi connectivity index (χ4n) is 5.30. The Kier molecular flexibility index (Phi) is 4.00. The van der Waals surface area contributed by atoms with Gasteiger partial charge in [-0.3, -0.25) is 9.89 Å². The van der Waals surface area contributed by atoms with Crippen molar-refractivity contribution in [1.82, 2.24) is 25.1 Å². The Balaban J connectivity index is 1.12. The number of anilines is 1. The molecule has 7 nitrogen and oxygen atoms in total. The number of aromatic amines is 2. The van der Waals surface area contributed by atoms with Gasteiger partial charge in [0.2, 0.25) is 0 Å².